The Morgan fingerprint density at radius 2 is 1.30 bits per heavy atom. The van der Waals surface area contributed by atoms with Gasteiger partial charge in [-0.3, -0.25) is 9.59 Å². The summed E-state index contributed by atoms with van der Waals surface area (Å²) in [6, 6.07) is 0. The van der Waals surface area contributed by atoms with Crippen molar-refractivity contribution in [2.45, 2.75) is 70.6 Å². The monoisotopic (exact) mass is 288 g/mol. The van der Waals surface area contributed by atoms with Crippen LogP contribution in [0.15, 0.2) is 0 Å². The summed E-state index contributed by atoms with van der Waals surface area (Å²) >= 11 is 0. The molecule has 0 aliphatic heterocycles. The van der Waals surface area contributed by atoms with Gasteiger partial charge in [-0.2, -0.15) is 0 Å². The second kappa shape index (κ2) is 14.3. The summed E-state index contributed by atoms with van der Waals surface area (Å²) in [6.07, 6.45) is 8.68. The molecule has 20 heavy (non-hydrogen) atoms. The third-order valence-corrected chi connectivity index (χ3v) is 3.09. The zero-order valence-electron chi connectivity index (χ0n) is 12.3. The van der Waals surface area contributed by atoms with Crippen molar-refractivity contribution in [3.05, 3.63) is 0 Å². The summed E-state index contributed by atoms with van der Waals surface area (Å²) in [5.74, 6) is -0.915. The lowest BCUT2D eigenvalue weighted by molar-refractivity contribution is -0.144. The molecule has 5 heteroatoms. The van der Waals surface area contributed by atoms with Gasteiger partial charge in [-0.1, -0.05) is 32.1 Å². The van der Waals surface area contributed by atoms with E-state index < -0.39 is 5.97 Å². The highest BCUT2D eigenvalue weighted by molar-refractivity contribution is 5.69. The maximum absolute atomic E-state index is 11.4. The summed E-state index contributed by atoms with van der Waals surface area (Å²) < 4.78 is 5.11. The molecule has 0 aliphatic rings. The summed E-state index contributed by atoms with van der Waals surface area (Å²) in [6.45, 7) is 0.735. The molecule has 118 valence electrons. The van der Waals surface area contributed by atoms with Gasteiger partial charge in [0.1, 0.15) is 0 Å². The number of aliphatic carboxylic acids is 1. The minimum Gasteiger partial charge on any atom is -0.481 e. The van der Waals surface area contributed by atoms with Crippen LogP contribution in [0, 0.1) is 0 Å². The van der Waals surface area contributed by atoms with Crippen LogP contribution in [-0.2, 0) is 14.3 Å². The fourth-order valence-electron chi connectivity index (χ4n) is 1.90. The number of hydrogen-bond acceptors (Lipinski definition) is 4. The van der Waals surface area contributed by atoms with Crippen LogP contribution in [0.2, 0.25) is 0 Å². The maximum Gasteiger partial charge on any atom is 0.305 e. The summed E-state index contributed by atoms with van der Waals surface area (Å²) in [5, 5.41) is 17.1. The predicted molar refractivity (Wildman–Crippen MR) is 76.5 cm³/mol. The topological polar surface area (TPSA) is 83.8 Å². The Kier molecular flexibility index (Phi) is 13.5. The van der Waals surface area contributed by atoms with Gasteiger partial charge in [-0.15, -0.1) is 0 Å². The van der Waals surface area contributed by atoms with Gasteiger partial charge in [0.25, 0.3) is 0 Å². The van der Waals surface area contributed by atoms with E-state index >= 15 is 0 Å². The van der Waals surface area contributed by atoms with Gasteiger partial charge in [-0.05, 0) is 25.7 Å². The van der Waals surface area contributed by atoms with E-state index in [0.717, 1.165) is 51.4 Å². The molecule has 0 aliphatic carbocycles. The lowest BCUT2D eigenvalue weighted by atomic mass is 10.1. The molecule has 0 aromatic carbocycles. The molecule has 0 fully saturated rings. The van der Waals surface area contributed by atoms with E-state index in [2.05, 4.69) is 0 Å². The second-order valence-electron chi connectivity index (χ2n) is 5.02. The maximum atomic E-state index is 11.4. The van der Waals surface area contributed by atoms with Gasteiger partial charge in [0.2, 0.25) is 0 Å². The van der Waals surface area contributed by atoms with Crippen LogP contribution in [0.5, 0.6) is 0 Å². The molecule has 0 aromatic heterocycles. The van der Waals surface area contributed by atoms with E-state index in [1.165, 1.54) is 0 Å². The number of esters is 1. The van der Waals surface area contributed by atoms with Crippen LogP contribution in [0.3, 0.4) is 0 Å². The van der Waals surface area contributed by atoms with Crippen LogP contribution in [-0.4, -0.2) is 35.4 Å². The molecule has 0 radical (unpaired) electrons. The van der Waals surface area contributed by atoms with Crippen molar-refractivity contribution in [3.8, 4) is 0 Å². The van der Waals surface area contributed by atoms with E-state index in [4.69, 9.17) is 14.9 Å². The third-order valence-electron chi connectivity index (χ3n) is 3.09. The lowest BCUT2D eigenvalue weighted by Crippen LogP contribution is -2.05. The zero-order chi connectivity index (χ0) is 15.1. The summed E-state index contributed by atoms with van der Waals surface area (Å²) in [4.78, 5) is 21.7. The summed E-state index contributed by atoms with van der Waals surface area (Å²) in [7, 11) is 0. The van der Waals surface area contributed by atoms with E-state index in [-0.39, 0.29) is 19.0 Å². The van der Waals surface area contributed by atoms with E-state index in [1.54, 1.807) is 0 Å². The van der Waals surface area contributed by atoms with Crippen LogP contribution in [0.1, 0.15) is 70.6 Å². The molecule has 0 spiro atoms. The highest BCUT2D eigenvalue weighted by atomic mass is 16.5. The van der Waals surface area contributed by atoms with Crippen LogP contribution in [0.25, 0.3) is 0 Å². The molecule has 0 saturated heterocycles. The fourth-order valence-corrected chi connectivity index (χ4v) is 1.90. The molecule has 0 unspecified atom stereocenters. The molecule has 5 nitrogen and oxygen atoms in total. The number of carbonyl (C=O) groups excluding carboxylic acids is 1. The van der Waals surface area contributed by atoms with Crippen molar-refractivity contribution in [2.75, 3.05) is 13.2 Å². The number of aliphatic hydroxyl groups is 1. The minimum absolute atomic E-state index is 0.154. The first-order chi connectivity index (χ1) is 9.66. The standard InChI is InChI=1S/C15H28O5/c16-12-8-4-1-5-9-13-20-15(19)11-7-3-2-6-10-14(17)18/h16H,1-13H2,(H,17,18). The van der Waals surface area contributed by atoms with Crippen molar-refractivity contribution in [1.82, 2.24) is 0 Å². The van der Waals surface area contributed by atoms with E-state index in [9.17, 15) is 9.59 Å². The number of hydrogen-bond donors (Lipinski definition) is 2. The normalized spacial score (nSPS) is 10.4. The minimum atomic E-state index is -0.761. The number of unbranched alkanes of at least 4 members (excludes halogenated alkanes) is 7. The van der Waals surface area contributed by atoms with Crippen molar-refractivity contribution < 1.29 is 24.5 Å². The smallest absolute Gasteiger partial charge is 0.305 e. The Hall–Kier alpha value is -1.10. The second-order valence-corrected chi connectivity index (χ2v) is 5.02. The predicted octanol–water partition coefficient (Wildman–Crippen LogP) is 2.90. The highest BCUT2D eigenvalue weighted by Crippen LogP contribution is 2.07. The SMILES string of the molecule is O=C(O)CCCCCCC(=O)OCCCCCCCO. The zero-order valence-corrected chi connectivity index (χ0v) is 12.3. The molecule has 2 N–H and O–H groups in total. The Balaban J connectivity index is 3.19. The first-order valence-electron chi connectivity index (χ1n) is 7.65. The Bertz CT molecular complexity index is 253. The number of carboxylic acids is 1. The van der Waals surface area contributed by atoms with Crippen molar-refractivity contribution in [1.29, 1.82) is 0 Å². The molecule has 0 amide bonds. The lowest BCUT2D eigenvalue weighted by Gasteiger charge is -2.04. The highest BCUT2D eigenvalue weighted by Gasteiger charge is 2.03. The van der Waals surface area contributed by atoms with Gasteiger partial charge in [0.05, 0.1) is 6.61 Å². The average Bonchev–Trinajstić information content (AvgIpc) is 2.41. The van der Waals surface area contributed by atoms with Crippen LogP contribution in [0.4, 0.5) is 0 Å². The summed E-state index contributed by atoms with van der Waals surface area (Å²) in [5.41, 5.74) is 0. The van der Waals surface area contributed by atoms with Gasteiger partial charge < -0.3 is 14.9 Å². The van der Waals surface area contributed by atoms with Crippen LogP contribution < -0.4 is 0 Å². The Morgan fingerprint density at radius 1 is 0.750 bits per heavy atom. The molecule has 0 rings (SSSR count). The first-order valence-corrected chi connectivity index (χ1v) is 7.65. The molecule has 0 heterocycles. The molecular weight excluding hydrogens is 260 g/mol. The van der Waals surface area contributed by atoms with Gasteiger partial charge in [0, 0.05) is 19.4 Å². The first kappa shape index (κ1) is 18.9. The van der Waals surface area contributed by atoms with Crippen molar-refractivity contribution in [3.63, 3.8) is 0 Å². The molecule has 0 bridgehead atoms. The fraction of sp³-hybridized carbons (Fsp3) is 0.867. The number of carboxylic acid groups (broad SMARTS) is 1. The number of rotatable bonds is 14. The van der Waals surface area contributed by atoms with E-state index in [0.29, 0.717) is 19.4 Å². The van der Waals surface area contributed by atoms with Crippen molar-refractivity contribution in [2.24, 2.45) is 0 Å². The van der Waals surface area contributed by atoms with Gasteiger partial charge >= 0.3 is 11.9 Å². The molecule has 0 aromatic rings. The average molecular weight is 288 g/mol. The molecule has 0 atom stereocenters. The van der Waals surface area contributed by atoms with E-state index in [1.807, 2.05) is 0 Å². The molecule has 0 saturated carbocycles. The number of ether oxygens (including phenoxy) is 1. The Morgan fingerprint density at radius 3 is 1.95 bits per heavy atom. The quantitative estimate of drug-likeness (QED) is 0.379. The van der Waals surface area contributed by atoms with Crippen molar-refractivity contribution >= 4 is 11.9 Å². The van der Waals surface area contributed by atoms with Crippen LogP contribution >= 0.6 is 0 Å². The van der Waals surface area contributed by atoms with Gasteiger partial charge in [-0.25, -0.2) is 0 Å². The number of aliphatic hydroxyl groups excluding tert-OH is 1. The third kappa shape index (κ3) is 15.0. The molecular formula is C15H28O5. The largest absolute Gasteiger partial charge is 0.481 e. The van der Waals surface area contributed by atoms with Gasteiger partial charge in [0.15, 0.2) is 0 Å². The number of carbonyl (C=O) groups is 2. The Labute approximate surface area is 121 Å².